The van der Waals surface area contributed by atoms with E-state index in [0.29, 0.717) is 12.5 Å². The summed E-state index contributed by atoms with van der Waals surface area (Å²) in [5.41, 5.74) is 5.10. The highest BCUT2D eigenvalue weighted by atomic mass is 16.5. The van der Waals surface area contributed by atoms with Gasteiger partial charge in [0.2, 0.25) is 5.91 Å². The van der Waals surface area contributed by atoms with Gasteiger partial charge in [-0.1, -0.05) is 19.3 Å². The van der Waals surface area contributed by atoms with E-state index in [0.717, 1.165) is 19.4 Å². The fraction of sp³-hybridized carbons (Fsp3) is 0.929. The molecule has 1 aliphatic heterocycles. The van der Waals surface area contributed by atoms with Crippen LogP contribution >= 0.6 is 0 Å². The summed E-state index contributed by atoms with van der Waals surface area (Å²) in [5, 5.41) is 0. The molecule has 106 valence electrons. The molecule has 0 aromatic rings. The molecule has 18 heavy (non-hydrogen) atoms. The van der Waals surface area contributed by atoms with Crippen molar-refractivity contribution >= 4 is 5.91 Å². The van der Waals surface area contributed by atoms with E-state index in [-0.39, 0.29) is 5.91 Å². The van der Waals surface area contributed by atoms with Gasteiger partial charge < -0.3 is 10.5 Å². The summed E-state index contributed by atoms with van der Waals surface area (Å²) < 4.78 is 5.25. The van der Waals surface area contributed by atoms with Gasteiger partial charge in [0.15, 0.2) is 0 Å². The minimum atomic E-state index is -0.172. The Balaban J connectivity index is 1.95. The van der Waals surface area contributed by atoms with Crippen molar-refractivity contribution in [2.24, 2.45) is 5.73 Å². The van der Waals surface area contributed by atoms with Gasteiger partial charge in [0.25, 0.3) is 0 Å². The number of hydrogen-bond acceptors (Lipinski definition) is 3. The molecule has 1 heterocycles. The lowest BCUT2D eigenvalue weighted by Gasteiger charge is -2.23. The molecular weight excluding hydrogens is 228 g/mol. The molecule has 1 fully saturated rings. The molecule has 1 saturated heterocycles. The van der Waals surface area contributed by atoms with Crippen molar-refractivity contribution in [2.45, 2.75) is 57.4 Å². The highest BCUT2D eigenvalue weighted by molar-refractivity contribution is 5.73. The molecule has 1 aliphatic rings. The van der Waals surface area contributed by atoms with Crippen LogP contribution in [0.2, 0.25) is 0 Å². The van der Waals surface area contributed by atoms with E-state index in [1.54, 1.807) is 7.11 Å². The molecule has 0 unspecified atom stereocenters. The summed E-state index contributed by atoms with van der Waals surface area (Å²) in [6, 6.07) is 0.643. The predicted octanol–water partition coefficient (Wildman–Crippen LogP) is 1.92. The first-order valence-corrected chi connectivity index (χ1v) is 7.25. The molecule has 2 N–H and O–H groups in total. The molecule has 1 rings (SSSR count). The van der Waals surface area contributed by atoms with Gasteiger partial charge in [-0.25, -0.2) is 0 Å². The van der Waals surface area contributed by atoms with E-state index in [2.05, 4.69) is 4.90 Å². The minimum Gasteiger partial charge on any atom is -0.383 e. The van der Waals surface area contributed by atoms with E-state index in [1.807, 2.05) is 0 Å². The highest BCUT2D eigenvalue weighted by Gasteiger charge is 2.23. The van der Waals surface area contributed by atoms with Gasteiger partial charge >= 0.3 is 0 Å². The van der Waals surface area contributed by atoms with Crippen molar-refractivity contribution in [3.05, 3.63) is 0 Å². The number of rotatable bonds is 10. The highest BCUT2D eigenvalue weighted by Crippen LogP contribution is 2.18. The lowest BCUT2D eigenvalue weighted by molar-refractivity contribution is -0.118. The van der Waals surface area contributed by atoms with Crippen molar-refractivity contribution in [3.8, 4) is 0 Å². The molecule has 1 amide bonds. The Morgan fingerprint density at radius 2 is 2.00 bits per heavy atom. The van der Waals surface area contributed by atoms with Gasteiger partial charge in [-0.2, -0.15) is 0 Å². The van der Waals surface area contributed by atoms with Crippen LogP contribution in [-0.2, 0) is 9.53 Å². The topological polar surface area (TPSA) is 55.6 Å². The van der Waals surface area contributed by atoms with Crippen LogP contribution in [0.4, 0.5) is 0 Å². The standard InChI is InChI=1S/C14H28N2O2/c1-18-12-13-8-7-11-16(13)10-6-4-2-3-5-9-14(15)17/h13H,2-12H2,1H3,(H2,15,17)/t13-/m0/s1. The monoisotopic (exact) mass is 256 g/mol. The van der Waals surface area contributed by atoms with Crippen molar-refractivity contribution in [3.63, 3.8) is 0 Å². The first-order chi connectivity index (χ1) is 8.74. The molecule has 0 saturated carbocycles. The number of carbonyl (C=O) groups is 1. The number of nitrogens with two attached hydrogens (primary N) is 1. The number of amides is 1. The van der Waals surface area contributed by atoms with Gasteiger partial charge in [-0.15, -0.1) is 0 Å². The zero-order valence-corrected chi connectivity index (χ0v) is 11.7. The van der Waals surface area contributed by atoms with Crippen molar-refractivity contribution in [1.82, 2.24) is 4.90 Å². The third-order valence-corrected chi connectivity index (χ3v) is 3.73. The first kappa shape index (κ1) is 15.4. The van der Waals surface area contributed by atoms with Crippen LogP contribution in [0.15, 0.2) is 0 Å². The van der Waals surface area contributed by atoms with Gasteiger partial charge in [-0.3, -0.25) is 9.69 Å². The lowest BCUT2D eigenvalue weighted by atomic mass is 10.1. The molecule has 0 aromatic heterocycles. The summed E-state index contributed by atoms with van der Waals surface area (Å²) in [7, 11) is 1.79. The maximum atomic E-state index is 10.6. The molecule has 4 nitrogen and oxygen atoms in total. The Morgan fingerprint density at radius 1 is 1.28 bits per heavy atom. The molecule has 0 aliphatic carbocycles. The van der Waals surface area contributed by atoms with E-state index < -0.39 is 0 Å². The van der Waals surface area contributed by atoms with E-state index in [4.69, 9.17) is 10.5 Å². The third-order valence-electron chi connectivity index (χ3n) is 3.73. The number of nitrogens with zero attached hydrogens (tertiary/aromatic N) is 1. The number of likely N-dealkylation sites (tertiary alicyclic amines) is 1. The fourth-order valence-corrected chi connectivity index (χ4v) is 2.72. The molecule has 0 spiro atoms. The largest absolute Gasteiger partial charge is 0.383 e. The van der Waals surface area contributed by atoms with Crippen LogP contribution in [0, 0.1) is 0 Å². The second kappa shape index (κ2) is 9.34. The van der Waals surface area contributed by atoms with Crippen LogP contribution in [-0.4, -0.2) is 43.7 Å². The number of hydrogen-bond donors (Lipinski definition) is 1. The predicted molar refractivity (Wildman–Crippen MR) is 73.4 cm³/mol. The lowest BCUT2D eigenvalue weighted by Crippen LogP contribution is -2.33. The molecule has 0 bridgehead atoms. The van der Waals surface area contributed by atoms with Crippen LogP contribution in [0.1, 0.15) is 51.4 Å². The number of primary amides is 1. The smallest absolute Gasteiger partial charge is 0.217 e. The Bertz CT molecular complexity index is 234. The summed E-state index contributed by atoms with van der Waals surface area (Å²) in [6.07, 6.45) is 8.96. The number of carbonyl (C=O) groups excluding carboxylic acids is 1. The summed E-state index contributed by atoms with van der Waals surface area (Å²) in [6.45, 7) is 3.30. The van der Waals surface area contributed by atoms with Crippen LogP contribution in [0.5, 0.6) is 0 Å². The van der Waals surface area contributed by atoms with Crippen LogP contribution < -0.4 is 5.73 Å². The molecule has 0 aromatic carbocycles. The summed E-state index contributed by atoms with van der Waals surface area (Å²) in [5.74, 6) is -0.172. The quantitative estimate of drug-likeness (QED) is 0.608. The Labute approximate surface area is 111 Å². The zero-order chi connectivity index (χ0) is 13.2. The maximum absolute atomic E-state index is 10.6. The number of unbranched alkanes of at least 4 members (excludes halogenated alkanes) is 4. The van der Waals surface area contributed by atoms with E-state index in [1.165, 1.54) is 45.2 Å². The minimum absolute atomic E-state index is 0.172. The molecule has 4 heteroatoms. The first-order valence-electron chi connectivity index (χ1n) is 7.25. The number of ether oxygens (including phenoxy) is 1. The van der Waals surface area contributed by atoms with Crippen molar-refractivity contribution in [1.29, 1.82) is 0 Å². The van der Waals surface area contributed by atoms with E-state index >= 15 is 0 Å². The Morgan fingerprint density at radius 3 is 2.72 bits per heavy atom. The average molecular weight is 256 g/mol. The Hall–Kier alpha value is -0.610. The SMILES string of the molecule is COC[C@@H]1CCCN1CCCCCCCC(N)=O. The normalized spacial score (nSPS) is 20.4. The summed E-state index contributed by atoms with van der Waals surface area (Å²) >= 11 is 0. The van der Waals surface area contributed by atoms with Crippen molar-refractivity contribution < 1.29 is 9.53 Å². The second-order valence-corrected chi connectivity index (χ2v) is 5.27. The van der Waals surface area contributed by atoms with Crippen LogP contribution in [0.25, 0.3) is 0 Å². The van der Waals surface area contributed by atoms with Gasteiger partial charge in [0.1, 0.15) is 0 Å². The Kier molecular flexibility index (Phi) is 8.01. The van der Waals surface area contributed by atoms with Crippen molar-refractivity contribution in [2.75, 3.05) is 26.8 Å². The zero-order valence-electron chi connectivity index (χ0n) is 11.7. The number of methoxy groups -OCH3 is 1. The molecule has 0 radical (unpaired) electrons. The van der Waals surface area contributed by atoms with Gasteiger partial charge in [0, 0.05) is 19.6 Å². The third kappa shape index (κ3) is 6.36. The second-order valence-electron chi connectivity index (χ2n) is 5.27. The fourth-order valence-electron chi connectivity index (χ4n) is 2.72. The van der Waals surface area contributed by atoms with Gasteiger partial charge in [-0.05, 0) is 38.8 Å². The molecular formula is C14H28N2O2. The van der Waals surface area contributed by atoms with Gasteiger partial charge in [0.05, 0.1) is 6.61 Å². The molecule has 1 atom stereocenters. The average Bonchev–Trinajstić information content (AvgIpc) is 2.76. The summed E-state index contributed by atoms with van der Waals surface area (Å²) in [4.78, 5) is 13.1. The van der Waals surface area contributed by atoms with Crippen LogP contribution in [0.3, 0.4) is 0 Å². The van der Waals surface area contributed by atoms with E-state index in [9.17, 15) is 4.79 Å². The maximum Gasteiger partial charge on any atom is 0.217 e.